The minimum Gasteiger partial charge on any atom is -0.490 e. The molecule has 25 heavy (non-hydrogen) atoms. The van der Waals surface area contributed by atoms with Crippen LogP contribution in [-0.2, 0) is 6.54 Å². The van der Waals surface area contributed by atoms with Crippen LogP contribution in [0.1, 0.15) is 37.7 Å². The number of halogens is 1. The summed E-state index contributed by atoms with van der Waals surface area (Å²) in [7, 11) is 0. The average molecular weight is 451 g/mol. The van der Waals surface area contributed by atoms with Crippen LogP contribution in [0.4, 0.5) is 5.69 Å². The van der Waals surface area contributed by atoms with Crippen LogP contribution in [0.2, 0.25) is 0 Å². The SMILES string of the molecule is I.NC(=NCc1ccc(OC2CCCCC2)cc1)Nc1ccccc1. The standard InChI is InChI=1S/C20H25N3O.HI/c21-20(23-17-7-3-1-4-8-17)22-15-16-11-13-19(14-12-16)24-18-9-5-2-6-10-18;/h1,3-4,7-8,11-14,18H,2,5-6,9-10,15H2,(H3,21,22,23);1H. The van der Waals surface area contributed by atoms with Crippen molar-refractivity contribution in [3.8, 4) is 5.75 Å². The molecule has 0 spiro atoms. The van der Waals surface area contributed by atoms with Crippen LogP contribution in [0.15, 0.2) is 59.6 Å². The van der Waals surface area contributed by atoms with Gasteiger partial charge >= 0.3 is 0 Å². The summed E-state index contributed by atoms with van der Waals surface area (Å²) in [5.41, 5.74) is 7.98. The van der Waals surface area contributed by atoms with Gasteiger partial charge in [-0.05, 0) is 55.5 Å². The van der Waals surface area contributed by atoms with E-state index in [1.807, 2.05) is 42.5 Å². The number of para-hydroxylation sites is 1. The zero-order chi connectivity index (χ0) is 16.6. The highest BCUT2D eigenvalue weighted by Crippen LogP contribution is 2.23. The predicted octanol–water partition coefficient (Wildman–Crippen LogP) is 4.94. The molecule has 134 valence electrons. The Hall–Kier alpha value is -1.76. The third-order valence-corrected chi connectivity index (χ3v) is 4.26. The van der Waals surface area contributed by atoms with Crippen LogP contribution >= 0.6 is 24.0 Å². The Labute approximate surface area is 166 Å². The van der Waals surface area contributed by atoms with E-state index in [2.05, 4.69) is 22.4 Å². The van der Waals surface area contributed by atoms with Crippen molar-refractivity contribution in [1.82, 2.24) is 0 Å². The van der Waals surface area contributed by atoms with Gasteiger partial charge in [0.1, 0.15) is 5.75 Å². The number of rotatable bonds is 5. The van der Waals surface area contributed by atoms with Gasteiger partial charge in [0.25, 0.3) is 0 Å². The number of benzene rings is 2. The van der Waals surface area contributed by atoms with E-state index in [0.717, 1.165) is 17.0 Å². The fourth-order valence-corrected chi connectivity index (χ4v) is 2.93. The summed E-state index contributed by atoms with van der Waals surface area (Å²) in [6, 6.07) is 18.0. The van der Waals surface area contributed by atoms with Gasteiger partial charge in [-0.25, -0.2) is 4.99 Å². The first kappa shape index (κ1) is 19.6. The highest BCUT2D eigenvalue weighted by atomic mass is 127. The summed E-state index contributed by atoms with van der Waals surface area (Å²) in [5, 5.41) is 3.08. The van der Waals surface area contributed by atoms with Crippen molar-refractivity contribution >= 4 is 35.6 Å². The largest absolute Gasteiger partial charge is 0.490 e. The number of hydrogen-bond donors (Lipinski definition) is 2. The van der Waals surface area contributed by atoms with Gasteiger partial charge in [0, 0.05) is 5.69 Å². The van der Waals surface area contributed by atoms with E-state index in [0.29, 0.717) is 18.6 Å². The zero-order valence-corrected chi connectivity index (χ0v) is 16.7. The lowest BCUT2D eigenvalue weighted by Gasteiger charge is -2.23. The first-order valence-electron chi connectivity index (χ1n) is 8.67. The molecule has 0 atom stereocenters. The normalized spacial score (nSPS) is 15.3. The van der Waals surface area contributed by atoms with Gasteiger partial charge in [0.2, 0.25) is 0 Å². The second kappa shape index (κ2) is 10.3. The molecule has 3 rings (SSSR count). The Balaban J connectivity index is 0.00000225. The van der Waals surface area contributed by atoms with Gasteiger partial charge in [-0.1, -0.05) is 36.8 Å². The number of guanidine groups is 1. The summed E-state index contributed by atoms with van der Waals surface area (Å²) in [6.45, 7) is 0.551. The topological polar surface area (TPSA) is 59.6 Å². The molecule has 0 radical (unpaired) electrons. The number of aliphatic imine (C=N–C) groups is 1. The van der Waals surface area contributed by atoms with E-state index < -0.39 is 0 Å². The van der Waals surface area contributed by atoms with Crippen LogP contribution < -0.4 is 15.8 Å². The van der Waals surface area contributed by atoms with Crippen molar-refractivity contribution in [1.29, 1.82) is 0 Å². The monoisotopic (exact) mass is 451 g/mol. The van der Waals surface area contributed by atoms with Crippen LogP contribution in [-0.4, -0.2) is 12.1 Å². The highest BCUT2D eigenvalue weighted by Gasteiger charge is 2.14. The number of hydrogen-bond acceptors (Lipinski definition) is 2. The number of nitrogens with zero attached hydrogens (tertiary/aromatic N) is 1. The summed E-state index contributed by atoms with van der Waals surface area (Å²) in [5.74, 6) is 1.37. The smallest absolute Gasteiger partial charge is 0.193 e. The van der Waals surface area contributed by atoms with Crippen molar-refractivity contribution in [2.24, 2.45) is 10.7 Å². The Morgan fingerprint density at radius 3 is 2.36 bits per heavy atom. The molecule has 0 aromatic heterocycles. The molecule has 0 bridgehead atoms. The van der Waals surface area contributed by atoms with Gasteiger partial charge in [0.15, 0.2) is 5.96 Å². The van der Waals surface area contributed by atoms with Gasteiger partial charge in [-0.3, -0.25) is 0 Å². The molecule has 1 aliphatic carbocycles. The number of anilines is 1. The number of nitrogens with one attached hydrogen (secondary N) is 1. The first-order chi connectivity index (χ1) is 11.8. The molecule has 2 aromatic rings. The molecule has 0 amide bonds. The summed E-state index contributed by atoms with van der Waals surface area (Å²) >= 11 is 0. The molecule has 5 heteroatoms. The first-order valence-corrected chi connectivity index (χ1v) is 8.67. The highest BCUT2D eigenvalue weighted by molar-refractivity contribution is 14.0. The van der Waals surface area contributed by atoms with Crippen LogP contribution in [0.3, 0.4) is 0 Å². The van der Waals surface area contributed by atoms with E-state index in [1.54, 1.807) is 0 Å². The van der Waals surface area contributed by atoms with E-state index >= 15 is 0 Å². The maximum absolute atomic E-state index is 6.04. The molecule has 4 nitrogen and oxygen atoms in total. The van der Waals surface area contributed by atoms with Gasteiger partial charge in [-0.2, -0.15) is 0 Å². The average Bonchev–Trinajstić information content (AvgIpc) is 2.63. The van der Waals surface area contributed by atoms with Crippen molar-refractivity contribution in [3.63, 3.8) is 0 Å². The van der Waals surface area contributed by atoms with E-state index in [1.165, 1.54) is 32.1 Å². The summed E-state index contributed by atoms with van der Waals surface area (Å²) in [4.78, 5) is 4.38. The fraction of sp³-hybridized carbons (Fsp3) is 0.350. The van der Waals surface area contributed by atoms with Gasteiger partial charge in [0.05, 0.1) is 12.6 Å². The molecule has 0 aliphatic heterocycles. The number of nitrogens with two attached hydrogens (primary N) is 1. The molecular formula is C20H26IN3O. The second-order valence-corrected chi connectivity index (χ2v) is 6.21. The van der Waals surface area contributed by atoms with E-state index in [-0.39, 0.29) is 24.0 Å². The third kappa shape index (κ3) is 6.57. The molecule has 0 saturated heterocycles. The van der Waals surface area contributed by atoms with Crippen molar-refractivity contribution in [2.75, 3.05) is 5.32 Å². The minimum absolute atomic E-state index is 0. The minimum atomic E-state index is 0. The lowest BCUT2D eigenvalue weighted by molar-refractivity contribution is 0.155. The van der Waals surface area contributed by atoms with E-state index in [9.17, 15) is 0 Å². The molecule has 1 aliphatic rings. The zero-order valence-electron chi connectivity index (χ0n) is 14.4. The molecule has 0 heterocycles. The van der Waals surface area contributed by atoms with Crippen molar-refractivity contribution in [2.45, 2.75) is 44.8 Å². The summed E-state index contributed by atoms with van der Waals surface area (Å²) < 4.78 is 6.04. The molecule has 3 N–H and O–H groups in total. The van der Waals surface area contributed by atoms with Crippen LogP contribution in [0.5, 0.6) is 5.75 Å². The predicted molar refractivity (Wildman–Crippen MR) is 115 cm³/mol. The molecule has 1 fully saturated rings. The Bertz CT molecular complexity index is 652. The van der Waals surface area contributed by atoms with Gasteiger partial charge in [-0.15, -0.1) is 24.0 Å². The molecule has 0 unspecified atom stereocenters. The number of ether oxygens (including phenoxy) is 1. The third-order valence-electron chi connectivity index (χ3n) is 4.26. The molecular weight excluding hydrogens is 425 g/mol. The Kier molecular flexibility index (Phi) is 8.04. The summed E-state index contributed by atoms with van der Waals surface area (Å²) in [6.07, 6.45) is 6.64. The van der Waals surface area contributed by atoms with Crippen LogP contribution in [0.25, 0.3) is 0 Å². The molecule has 1 saturated carbocycles. The van der Waals surface area contributed by atoms with E-state index in [4.69, 9.17) is 10.5 Å². The quantitative estimate of drug-likeness (QED) is 0.385. The second-order valence-electron chi connectivity index (χ2n) is 6.21. The maximum atomic E-state index is 6.04. The Morgan fingerprint density at radius 1 is 1.00 bits per heavy atom. The molecule has 2 aromatic carbocycles. The van der Waals surface area contributed by atoms with Crippen molar-refractivity contribution < 1.29 is 4.74 Å². The lowest BCUT2D eigenvalue weighted by atomic mass is 9.98. The fourth-order valence-electron chi connectivity index (χ4n) is 2.93. The van der Waals surface area contributed by atoms with Crippen molar-refractivity contribution in [3.05, 3.63) is 60.2 Å². The maximum Gasteiger partial charge on any atom is 0.193 e. The lowest BCUT2D eigenvalue weighted by Crippen LogP contribution is -2.22. The Morgan fingerprint density at radius 2 is 1.68 bits per heavy atom. The van der Waals surface area contributed by atoms with Gasteiger partial charge < -0.3 is 15.8 Å². The van der Waals surface area contributed by atoms with Crippen LogP contribution in [0, 0.1) is 0 Å².